The minimum atomic E-state index is -0.472. The van der Waals surface area contributed by atoms with Crippen LogP contribution in [0.4, 0.5) is 10.2 Å². The van der Waals surface area contributed by atoms with Gasteiger partial charge in [0.05, 0.1) is 12.7 Å². The third-order valence-electron chi connectivity index (χ3n) is 5.00. The first-order chi connectivity index (χ1) is 14.5. The van der Waals surface area contributed by atoms with E-state index >= 15 is 0 Å². The molecule has 0 bridgehead atoms. The van der Waals surface area contributed by atoms with Crippen LogP contribution in [0, 0.1) is 12.7 Å². The number of nitrogens with zero attached hydrogens (tertiary/aromatic N) is 1. The second-order valence-corrected chi connectivity index (χ2v) is 7.01. The van der Waals surface area contributed by atoms with Gasteiger partial charge in [-0.2, -0.15) is 0 Å². The highest BCUT2D eigenvalue weighted by Crippen LogP contribution is 2.38. The van der Waals surface area contributed by atoms with Crippen LogP contribution < -0.4 is 20.3 Å². The van der Waals surface area contributed by atoms with E-state index in [0.717, 1.165) is 5.56 Å². The first kappa shape index (κ1) is 19.6. The molecule has 0 fully saturated rings. The monoisotopic (exact) mass is 409 g/mol. The van der Waals surface area contributed by atoms with Crippen LogP contribution in [0.1, 0.15) is 34.9 Å². The summed E-state index contributed by atoms with van der Waals surface area (Å²) in [4.78, 5) is 31.7. The number of H-pyrrole nitrogens is 1. The fourth-order valence-corrected chi connectivity index (χ4v) is 3.56. The Balaban J connectivity index is 1.66. The van der Waals surface area contributed by atoms with Crippen LogP contribution in [-0.4, -0.2) is 23.0 Å². The Kier molecular flexibility index (Phi) is 5.22. The van der Waals surface area contributed by atoms with E-state index in [4.69, 9.17) is 9.47 Å². The number of aromatic nitrogens is 2. The number of fused-ring (bicyclic) bond motifs is 1. The maximum absolute atomic E-state index is 13.8. The van der Waals surface area contributed by atoms with E-state index in [2.05, 4.69) is 15.3 Å². The Hall–Kier alpha value is -3.68. The van der Waals surface area contributed by atoms with Crippen LogP contribution in [0.5, 0.6) is 11.5 Å². The number of carbonyl (C=O) groups excluding carboxylic acids is 1. The van der Waals surface area contributed by atoms with E-state index in [-0.39, 0.29) is 36.1 Å². The van der Waals surface area contributed by atoms with Crippen LogP contribution in [-0.2, 0) is 11.4 Å². The summed E-state index contributed by atoms with van der Waals surface area (Å²) in [7, 11) is 1.49. The molecule has 1 aromatic heterocycles. The lowest BCUT2D eigenvalue weighted by molar-refractivity contribution is -0.116. The summed E-state index contributed by atoms with van der Waals surface area (Å²) in [5.41, 5.74) is 1.26. The molecule has 2 heterocycles. The number of carbonyl (C=O) groups is 1. The van der Waals surface area contributed by atoms with Crippen molar-refractivity contribution in [2.75, 3.05) is 12.4 Å². The molecular weight excluding hydrogens is 389 g/mol. The van der Waals surface area contributed by atoms with Gasteiger partial charge in [0, 0.05) is 17.9 Å². The zero-order valence-corrected chi connectivity index (χ0v) is 16.5. The second-order valence-electron chi connectivity index (χ2n) is 7.01. The zero-order valence-electron chi connectivity index (χ0n) is 16.5. The standard InChI is InChI=1S/C22H20FN3O4/c1-12-24-21-20(22(28)25-12)15(10-19(27)26-21)13-7-8-17(18(9-13)29-2)30-11-14-5-3-4-6-16(14)23/h3-9,15H,10-11H2,1-2H3,(H2,24,25,26,27,28)/t15-/m0/s1. The molecule has 0 saturated heterocycles. The van der Waals surface area contributed by atoms with Gasteiger partial charge in [0.25, 0.3) is 5.56 Å². The topological polar surface area (TPSA) is 93.3 Å². The molecule has 8 heteroatoms. The van der Waals surface area contributed by atoms with Crippen LogP contribution in [0.3, 0.4) is 0 Å². The van der Waals surface area contributed by atoms with Gasteiger partial charge in [0.2, 0.25) is 5.91 Å². The molecule has 3 aromatic rings. The van der Waals surface area contributed by atoms with Crippen molar-refractivity contribution in [1.29, 1.82) is 0 Å². The molecule has 0 saturated carbocycles. The molecule has 2 aromatic carbocycles. The number of halogens is 1. The molecular formula is C22H20FN3O4. The summed E-state index contributed by atoms with van der Waals surface area (Å²) >= 11 is 0. The van der Waals surface area contributed by atoms with Gasteiger partial charge in [-0.15, -0.1) is 0 Å². The molecule has 1 aliphatic heterocycles. The van der Waals surface area contributed by atoms with Crippen molar-refractivity contribution in [3.63, 3.8) is 0 Å². The van der Waals surface area contributed by atoms with Crippen molar-refractivity contribution in [2.24, 2.45) is 0 Å². The maximum atomic E-state index is 13.8. The largest absolute Gasteiger partial charge is 0.493 e. The van der Waals surface area contributed by atoms with E-state index in [1.807, 2.05) is 0 Å². The molecule has 7 nitrogen and oxygen atoms in total. The van der Waals surface area contributed by atoms with Crippen molar-refractivity contribution in [3.05, 3.63) is 81.2 Å². The summed E-state index contributed by atoms with van der Waals surface area (Å²) in [5.74, 6) is 0.517. The summed E-state index contributed by atoms with van der Waals surface area (Å²) < 4.78 is 25.0. The Morgan fingerprint density at radius 2 is 1.97 bits per heavy atom. The molecule has 1 atom stereocenters. The highest BCUT2D eigenvalue weighted by molar-refractivity contribution is 5.94. The van der Waals surface area contributed by atoms with E-state index in [1.54, 1.807) is 43.3 Å². The van der Waals surface area contributed by atoms with Crippen molar-refractivity contribution in [1.82, 2.24) is 9.97 Å². The number of rotatable bonds is 5. The molecule has 0 aliphatic carbocycles. The van der Waals surface area contributed by atoms with E-state index < -0.39 is 5.92 Å². The minimum absolute atomic E-state index is 0.0416. The second kappa shape index (κ2) is 7.98. The number of methoxy groups -OCH3 is 1. The number of aromatic amines is 1. The molecule has 0 spiro atoms. The smallest absolute Gasteiger partial charge is 0.256 e. The number of nitrogens with one attached hydrogen (secondary N) is 2. The molecule has 0 unspecified atom stereocenters. The van der Waals surface area contributed by atoms with Crippen molar-refractivity contribution >= 4 is 11.7 Å². The Bertz CT molecular complexity index is 1180. The molecule has 1 aliphatic rings. The number of anilines is 1. The third kappa shape index (κ3) is 3.76. The number of ether oxygens (including phenoxy) is 2. The third-order valence-corrected chi connectivity index (χ3v) is 5.00. The van der Waals surface area contributed by atoms with Crippen LogP contribution in [0.15, 0.2) is 47.3 Å². The lowest BCUT2D eigenvalue weighted by atomic mass is 9.86. The fraction of sp³-hybridized carbons (Fsp3) is 0.227. The van der Waals surface area contributed by atoms with Crippen molar-refractivity contribution in [2.45, 2.75) is 25.9 Å². The molecule has 0 radical (unpaired) electrons. The van der Waals surface area contributed by atoms with Gasteiger partial charge in [-0.3, -0.25) is 9.59 Å². The maximum Gasteiger partial charge on any atom is 0.256 e. The summed E-state index contributed by atoms with van der Waals surface area (Å²) in [6.07, 6.45) is 0.111. The minimum Gasteiger partial charge on any atom is -0.493 e. The van der Waals surface area contributed by atoms with Crippen LogP contribution >= 0.6 is 0 Å². The van der Waals surface area contributed by atoms with Gasteiger partial charge in [0.1, 0.15) is 24.1 Å². The van der Waals surface area contributed by atoms with Gasteiger partial charge in [-0.05, 0) is 30.7 Å². The fourth-order valence-electron chi connectivity index (χ4n) is 3.56. The Morgan fingerprint density at radius 3 is 2.73 bits per heavy atom. The summed E-state index contributed by atoms with van der Waals surface area (Å²) in [5, 5.41) is 2.66. The predicted molar refractivity (Wildman–Crippen MR) is 108 cm³/mol. The molecule has 30 heavy (non-hydrogen) atoms. The predicted octanol–water partition coefficient (Wildman–Crippen LogP) is 3.28. The molecule has 154 valence electrons. The highest BCUT2D eigenvalue weighted by Gasteiger charge is 2.31. The van der Waals surface area contributed by atoms with Gasteiger partial charge >= 0.3 is 0 Å². The average Bonchev–Trinajstić information content (AvgIpc) is 2.72. The quantitative estimate of drug-likeness (QED) is 0.675. The highest BCUT2D eigenvalue weighted by atomic mass is 19.1. The number of aryl methyl sites for hydroxylation is 1. The lowest BCUT2D eigenvalue weighted by Crippen LogP contribution is -2.31. The van der Waals surface area contributed by atoms with E-state index in [9.17, 15) is 14.0 Å². The normalized spacial score (nSPS) is 15.3. The average molecular weight is 409 g/mol. The lowest BCUT2D eigenvalue weighted by Gasteiger charge is -2.25. The van der Waals surface area contributed by atoms with E-state index in [0.29, 0.717) is 28.5 Å². The van der Waals surface area contributed by atoms with Gasteiger partial charge in [0.15, 0.2) is 11.5 Å². The Morgan fingerprint density at radius 1 is 1.17 bits per heavy atom. The van der Waals surface area contributed by atoms with Gasteiger partial charge < -0.3 is 19.8 Å². The summed E-state index contributed by atoms with van der Waals surface area (Å²) in [6, 6.07) is 11.6. The Labute approximate surface area is 171 Å². The van der Waals surface area contributed by atoms with Crippen molar-refractivity contribution in [3.8, 4) is 11.5 Å². The van der Waals surface area contributed by atoms with Gasteiger partial charge in [-0.25, -0.2) is 9.37 Å². The zero-order chi connectivity index (χ0) is 21.3. The first-order valence-electron chi connectivity index (χ1n) is 9.41. The molecule has 4 rings (SSSR count). The van der Waals surface area contributed by atoms with Crippen LogP contribution in [0.25, 0.3) is 0 Å². The number of hydrogen-bond acceptors (Lipinski definition) is 5. The SMILES string of the molecule is COc1cc([C@@H]2CC(=O)Nc3nc(C)[nH]c(=O)c32)ccc1OCc1ccccc1F. The molecule has 1 amide bonds. The van der Waals surface area contributed by atoms with E-state index in [1.165, 1.54) is 13.2 Å². The number of hydrogen-bond donors (Lipinski definition) is 2. The van der Waals surface area contributed by atoms with Crippen molar-refractivity contribution < 1.29 is 18.7 Å². The summed E-state index contributed by atoms with van der Waals surface area (Å²) in [6.45, 7) is 1.70. The number of benzene rings is 2. The van der Waals surface area contributed by atoms with Crippen LogP contribution in [0.2, 0.25) is 0 Å². The molecule has 2 N–H and O–H groups in total. The first-order valence-corrected chi connectivity index (χ1v) is 9.41. The number of amides is 1. The van der Waals surface area contributed by atoms with Gasteiger partial charge in [-0.1, -0.05) is 24.3 Å².